The Morgan fingerprint density at radius 3 is 2.71 bits per heavy atom. The summed E-state index contributed by atoms with van der Waals surface area (Å²) in [6.45, 7) is 1.91. The maximum atomic E-state index is 9.61. The molecule has 2 nitrogen and oxygen atoms in total. The molecule has 0 radical (unpaired) electrons. The predicted octanol–water partition coefficient (Wildman–Crippen LogP) is 2.30. The normalized spacial score (nSPS) is 26.7. The van der Waals surface area contributed by atoms with Gasteiger partial charge < -0.3 is 10.8 Å². The molecule has 2 unspecified atom stereocenters. The molecule has 0 saturated heterocycles. The lowest BCUT2D eigenvalue weighted by Gasteiger charge is -2.16. The van der Waals surface area contributed by atoms with E-state index in [0.717, 1.165) is 18.4 Å². The van der Waals surface area contributed by atoms with E-state index < -0.39 is 0 Å². The summed E-state index contributed by atoms with van der Waals surface area (Å²) in [5.41, 5.74) is 8.14. The van der Waals surface area contributed by atoms with E-state index in [1.165, 1.54) is 12.0 Å². The Morgan fingerprint density at radius 2 is 2.14 bits per heavy atom. The minimum absolute atomic E-state index is 0.275. The first-order valence-electron chi connectivity index (χ1n) is 5.23. The van der Waals surface area contributed by atoms with Gasteiger partial charge in [0.05, 0.1) is 0 Å². The molecular formula is C12H17NO. The van der Waals surface area contributed by atoms with Crippen molar-refractivity contribution >= 4 is 0 Å². The summed E-state index contributed by atoms with van der Waals surface area (Å²) in [4.78, 5) is 0. The van der Waals surface area contributed by atoms with Gasteiger partial charge in [0, 0.05) is 6.04 Å². The number of phenolic OH excluding ortho intramolecular Hbond substituents is 1. The molecule has 2 heteroatoms. The molecule has 0 heterocycles. The van der Waals surface area contributed by atoms with Crippen molar-refractivity contribution in [3.63, 3.8) is 0 Å². The Balaban J connectivity index is 2.28. The second kappa shape index (κ2) is 3.62. The van der Waals surface area contributed by atoms with Crippen LogP contribution in [-0.4, -0.2) is 11.1 Å². The van der Waals surface area contributed by atoms with Crippen LogP contribution in [0.15, 0.2) is 18.2 Å². The van der Waals surface area contributed by atoms with Gasteiger partial charge in [-0.05, 0) is 42.9 Å². The summed E-state index contributed by atoms with van der Waals surface area (Å²) >= 11 is 0. The molecule has 0 aliphatic heterocycles. The molecular weight excluding hydrogens is 174 g/mol. The van der Waals surface area contributed by atoms with Crippen LogP contribution in [0.1, 0.15) is 36.3 Å². The molecule has 0 bridgehead atoms. The van der Waals surface area contributed by atoms with Crippen molar-refractivity contribution in [1.29, 1.82) is 0 Å². The lowest BCUT2D eigenvalue weighted by atomic mass is 9.93. The second-order valence-electron chi connectivity index (χ2n) is 4.25. The van der Waals surface area contributed by atoms with Crippen molar-refractivity contribution < 1.29 is 5.11 Å². The maximum absolute atomic E-state index is 9.61. The minimum Gasteiger partial charge on any atom is -0.508 e. The second-order valence-corrected chi connectivity index (χ2v) is 4.25. The molecule has 76 valence electrons. The summed E-state index contributed by atoms with van der Waals surface area (Å²) in [7, 11) is 0. The van der Waals surface area contributed by atoms with Crippen molar-refractivity contribution in [2.45, 2.75) is 38.1 Å². The van der Waals surface area contributed by atoms with Gasteiger partial charge in [0.2, 0.25) is 0 Å². The number of aryl methyl sites for hydroxylation is 1. The van der Waals surface area contributed by atoms with Crippen molar-refractivity contribution in [1.82, 2.24) is 0 Å². The quantitative estimate of drug-likeness (QED) is 0.715. The standard InChI is InChI=1S/C12H17NO/c1-8-5-6-9(7-12(8)14)10-3-2-4-11(10)13/h5-7,10-11,14H,2-4,13H2,1H3. The maximum Gasteiger partial charge on any atom is 0.118 e. The van der Waals surface area contributed by atoms with E-state index in [2.05, 4.69) is 6.07 Å². The van der Waals surface area contributed by atoms with E-state index >= 15 is 0 Å². The van der Waals surface area contributed by atoms with Gasteiger partial charge >= 0.3 is 0 Å². The summed E-state index contributed by atoms with van der Waals surface area (Å²) in [5, 5.41) is 9.61. The van der Waals surface area contributed by atoms with E-state index in [1.807, 2.05) is 19.1 Å². The van der Waals surface area contributed by atoms with Crippen LogP contribution < -0.4 is 5.73 Å². The van der Waals surface area contributed by atoms with Gasteiger partial charge in [-0.2, -0.15) is 0 Å². The Kier molecular flexibility index (Phi) is 2.46. The Morgan fingerprint density at radius 1 is 1.36 bits per heavy atom. The zero-order valence-electron chi connectivity index (χ0n) is 8.53. The summed E-state index contributed by atoms with van der Waals surface area (Å²) in [6, 6.07) is 6.20. The number of benzene rings is 1. The molecule has 1 aliphatic carbocycles. The molecule has 1 fully saturated rings. The van der Waals surface area contributed by atoms with Crippen LogP contribution in [-0.2, 0) is 0 Å². The van der Waals surface area contributed by atoms with E-state index in [4.69, 9.17) is 5.73 Å². The van der Waals surface area contributed by atoms with Crippen LogP contribution in [0.5, 0.6) is 5.75 Å². The van der Waals surface area contributed by atoms with E-state index in [9.17, 15) is 5.11 Å². The SMILES string of the molecule is Cc1ccc(C2CCCC2N)cc1O. The Bertz CT molecular complexity index is 335. The van der Waals surface area contributed by atoms with Crippen LogP contribution in [0, 0.1) is 6.92 Å². The van der Waals surface area contributed by atoms with Gasteiger partial charge in [-0.15, -0.1) is 0 Å². The third kappa shape index (κ3) is 1.62. The fourth-order valence-electron chi connectivity index (χ4n) is 2.26. The van der Waals surface area contributed by atoms with Crippen LogP contribution in [0.4, 0.5) is 0 Å². The van der Waals surface area contributed by atoms with E-state index in [1.54, 1.807) is 0 Å². The highest BCUT2D eigenvalue weighted by Crippen LogP contribution is 2.35. The first kappa shape index (κ1) is 9.53. The first-order chi connectivity index (χ1) is 6.68. The summed E-state index contributed by atoms with van der Waals surface area (Å²) in [5.74, 6) is 0.836. The van der Waals surface area contributed by atoms with Gasteiger partial charge in [-0.3, -0.25) is 0 Å². The van der Waals surface area contributed by atoms with Crippen molar-refractivity contribution in [3.05, 3.63) is 29.3 Å². The topological polar surface area (TPSA) is 46.2 Å². The van der Waals surface area contributed by atoms with Crippen LogP contribution in [0.25, 0.3) is 0 Å². The summed E-state index contributed by atoms with van der Waals surface area (Å²) < 4.78 is 0. The summed E-state index contributed by atoms with van der Waals surface area (Å²) in [6.07, 6.45) is 3.48. The molecule has 1 saturated carbocycles. The number of phenols is 1. The fourth-order valence-corrected chi connectivity index (χ4v) is 2.26. The molecule has 2 rings (SSSR count). The lowest BCUT2D eigenvalue weighted by molar-refractivity contribution is 0.468. The number of hydrogen-bond donors (Lipinski definition) is 2. The molecule has 1 aromatic carbocycles. The molecule has 2 atom stereocenters. The number of rotatable bonds is 1. The minimum atomic E-state index is 0.275. The van der Waals surface area contributed by atoms with Crippen LogP contribution in [0.2, 0.25) is 0 Å². The number of hydrogen-bond acceptors (Lipinski definition) is 2. The van der Waals surface area contributed by atoms with Crippen molar-refractivity contribution in [2.24, 2.45) is 5.73 Å². The lowest BCUT2D eigenvalue weighted by Crippen LogP contribution is -2.22. The molecule has 0 spiro atoms. The van der Waals surface area contributed by atoms with Crippen molar-refractivity contribution in [2.75, 3.05) is 0 Å². The Labute approximate surface area is 84.7 Å². The van der Waals surface area contributed by atoms with Crippen molar-refractivity contribution in [3.8, 4) is 5.75 Å². The number of nitrogens with two attached hydrogens (primary N) is 1. The highest BCUT2D eigenvalue weighted by atomic mass is 16.3. The molecule has 1 aromatic rings. The van der Waals surface area contributed by atoms with Crippen LogP contribution in [0.3, 0.4) is 0 Å². The fraction of sp³-hybridized carbons (Fsp3) is 0.500. The highest BCUT2D eigenvalue weighted by Gasteiger charge is 2.25. The molecule has 0 amide bonds. The van der Waals surface area contributed by atoms with E-state index in [0.29, 0.717) is 11.7 Å². The predicted molar refractivity (Wildman–Crippen MR) is 57.4 cm³/mol. The van der Waals surface area contributed by atoms with Gasteiger partial charge in [0.15, 0.2) is 0 Å². The molecule has 3 N–H and O–H groups in total. The van der Waals surface area contributed by atoms with E-state index in [-0.39, 0.29) is 6.04 Å². The van der Waals surface area contributed by atoms with Gasteiger partial charge in [0.1, 0.15) is 5.75 Å². The largest absolute Gasteiger partial charge is 0.508 e. The third-order valence-electron chi connectivity index (χ3n) is 3.23. The van der Waals surface area contributed by atoms with Gasteiger partial charge in [0.25, 0.3) is 0 Å². The zero-order chi connectivity index (χ0) is 10.1. The van der Waals surface area contributed by atoms with Gasteiger partial charge in [-0.25, -0.2) is 0 Å². The smallest absolute Gasteiger partial charge is 0.118 e. The number of aromatic hydroxyl groups is 1. The average molecular weight is 191 g/mol. The molecule has 14 heavy (non-hydrogen) atoms. The first-order valence-corrected chi connectivity index (χ1v) is 5.23. The molecule has 1 aliphatic rings. The van der Waals surface area contributed by atoms with Gasteiger partial charge in [-0.1, -0.05) is 18.6 Å². The Hall–Kier alpha value is -1.02. The van der Waals surface area contributed by atoms with Crippen LogP contribution >= 0.6 is 0 Å². The zero-order valence-corrected chi connectivity index (χ0v) is 8.53. The monoisotopic (exact) mass is 191 g/mol. The average Bonchev–Trinajstić information content (AvgIpc) is 2.57. The highest BCUT2D eigenvalue weighted by molar-refractivity contribution is 5.37. The third-order valence-corrected chi connectivity index (χ3v) is 3.23. The molecule has 0 aromatic heterocycles.